The first-order valence-electron chi connectivity index (χ1n) is 5.91. The summed E-state index contributed by atoms with van der Waals surface area (Å²) in [5.74, 6) is 0.359. The molecule has 1 aromatic carbocycles. The summed E-state index contributed by atoms with van der Waals surface area (Å²) in [5, 5.41) is 8.98. The van der Waals surface area contributed by atoms with E-state index in [2.05, 4.69) is 6.07 Å². The number of aryl methyl sites for hydroxylation is 1. The van der Waals surface area contributed by atoms with Gasteiger partial charge in [-0.15, -0.1) is 0 Å². The second-order valence-corrected chi connectivity index (χ2v) is 3.77. The second-order valence-electron chi connectivity index (χ2n) is 3.77. The van der Waals surface area contributed by atoms with Crippen LogP contribution in [0.5, 0.6) is 5.75 Å². The maximum atomic E-state index is 11.5. The van der Waals surface area contributed by atoms with Gasteiger partial charge in [0.05, 0.1) is 31.8 Å². The van der Waals surface area contributed by atoms with Crippen molar-refractivity contribution in [2.75, 3.05) is 13.7 Å². The van der Waals surface area contributed by atoms with Crippen molar-refractivity contribution in [1.82, 2.24) is 0 Å². The normalized spacial score (nSPS) is 9.67. The van der Waals surface area contributed by atoms with E-state index in [1.165, 1.54) is 0 Å². The van der Waals surface area contributed by atoms with Gasteiger partial charge in [-0.05, 0) is 31.0 Å². The highest BCUT2D eigenvalue weighted by molar-refractivity contribution is 5.74. The number of nitriles is 1. The quantitative estimate of drug-likeness (QED) is 0.749. The average molecular weight is 247 g/mol. The van der Waals surface area contributed by atoms with Crippen molar-refractivity contribution in [1.29, 1.82) is 5.26 Å². The van der Waals surface area contributed by atoms with Gasteiger partial charge in [0.2, 0.25) is 0 Å². The molecule has 0 aliphatic carbocycles. The van der Waals surface area contributed by atoms with Crippen molar-refractivity contribution in [3.05, 3.63) is 28.8 Å². The van der Waals surface area contributed by atoms with Crippen molar-refractivity contribution in [3.8, 4) is 11.8 Å². The Kier molecular flexibility index (Phi) is 5.19. The number of hydrogen-bond donors (Lipinski definition) is 0. The summed E-state index contributed by atoms with van der Waals surface area (Å²) in [6.45, 7) is 4.09. The molecule has 0 radical (unpaired) electrons. The first-order chi connectivity index (χ1) is 8.65. The van der Waals surface area contributed by atoms with Gasteiger partial charge in [0, 0.05) is 5.56 Å². The molecule has 0 aliphatic rings. The number of esters is 1. The number of benzene rings is 1. The lowest BCUT2D eigenvalue weighted by Gasteiger charge is -2.13. The van der Waals surface area contributed by atoms with E-state index in [1.807, 2.05) is 6.92 Å². The van der Waals surface area contributed by atoms with Crippen LogP contribution >= 0.6 is 0 Å². The van der Waals surface area contributed by atoms with Gasteiger partial charge in [0.1, 0.15) is 5.75 Å². The minimum absolute atomic E-state index is 0.125. The highest BCUT2D eigenvalue weighted by Crippen LogP contribution is 2.27. The van der Waals surface area contributed by atoms with Crippen LogP contribution in [-0.4, -0.2) is 19.7 Å². The standard InChI is InChI=1S/C14H17NO3/c1-4-11-6-10(9-15)7-12(14(11)17-3)8-13(16)18-5-2/h6-7H,4-5,8H2,1-3H3. The summed E-state index contributed by atoms with van der Waals surface area (Å²) in [5.41, 5.74) is 2.16. The Morgan fingerprint density at radius 2 is 2.00 bits per heavy atom. The number of carbonyl (C=O) groups excluding carboxylic acids is 1. The molecule has 0 spiro atoms. The fourth-order valence-corrected chi connectivity index (χ4v) is 1.84. The predicted octanol–water partition coefficient (Wildman–Crippen LogP) is 2.23. The Labute approximate surface area is 107 Å². The van der Waals surface area contributed by atoms with Crippen molar-refractivity contribution in [3.63, 3.8) is 0 Å². The molecule has 1 rings (SSSR count). The van der Waals surface area contributed by atoms with Gasteiger partial charge in [-0.1, -0.05) is 6.92 Å². The van der Waals surface area contributed by atoms with Crippen LogP contribution in [0, 0.1) is 11.3 Å². The molecule has 1 aromatic rings. The molecule has 0 aliphatic heterocycles. The number of ether oxygens (including phenoxy) is 2. The summed E-state index contributed by atoms with van der Waals surface area (Å²) >= 11 is 0. The van der Waals surface area contributed by atoms with E-state index in [1.54, 1.807) is 26.2 Å². The number of methoxy groups -OCH3 is 1. The van der Waals surface area contributed by atoms with E-state index >= 15 is 0 Å². The van der Waals surface area contributed by atoms with Gasteiger partial charge in [0.15, 0.2) is 0 Å². The zero-order valence-corrected chi connectivity index (χ0v) is 10.9. The maximum Gasteiger partial charge on any atom is 0.310 e. The molecule has 0 saturated carbocycles. The first kappa shape index (κ1) is 14.0. The minimum Gasteiger partial charge on any atom is -0.496 e. The van der Waals surface area contributed by atoms with Crippen LogP contribution in [0.15, 0.2) is 12.1 Å². The van der Waals surface area contributed by atoms with Gasteiger partial charge in [-0.25, -0.2) is 0 Å². The molecule has 0 saturated heterocycles. The molecular formula is C14H17NO3. The SMILES string of the molecule is CCOC(=O)Cc1cc(C#N)cc(CC)c1OC. The van der Waals surface area contributed by atoms with E-state index in [0.29, 0.717) is 23.5 Å². The summed E-state index contributed by atoms with van der Waals surface area (Å²) < 4.78 is 10.2. The molecule has 0 heterocycles. The van der Waals surface area contributed by atoms with E-state index in [9.17, 15) is 4.79 Å². The summed E-state index contributed by atoms with van der Waals surface area (Å²) in [6, 6.07) is 5.55. The van der Waals surface area contributed by atoms with Crippen LogP contribution in [0.2, 0.25) is 0 Å². The predicted molar refractivity (Wildman–Crippen MR) is 67.4 cm³/mol. The van der Waals surface area contributed by atoms with Gasteiger partial charge in [-0.3, -0.25) is 4.79 Å². The monoisotopic (exact) mass is 247 g/mol. The molecular weight excluding hydrogens is 230 g/mol. The molecule has 4 heteroatoms. The molecule has 0 atom stereocenters. The second kappa shape index (κ2) is 6.65. The van der Waals surface area contributed by atoms with Gasteiger partial charge in [0.25, 0.3) is 0 Å². The molecule has 0 aromatic heterocycles. The van der Waals surface area contributed by atoms with Crippen LogP contribution in [0.3, 0.4) is 0 Å². The smallest absolute Gasteiger partial charge is 0.310 e. The average Bonchev–Trinajstić information content (AvgIpc) is 2.37. The highest BCUT2D eigenvalue weighted by atomic mass is 16.5. The van der Waals surface area contributed by atoms with Crippen molar-refractivity contribution >= 4 is 5.97 Å². The fraction of sp³-hybridized carbons (Fsp3) is 0.429. The van der Waals surface area contributed by atoms with Crippen LogP contribution in [0.4, 0.5) is 0 Å². The largest absolute Gasteiger partial charge is 0.496 e. The zero-order valence-electron chi connectivity index (χ0n) is 10.9. The minimum atomic E-state index is -0.312. The van der Waals surface area contributed by atoms with Crippen molar-refractivity contribution in [2.45, 2.75) is 26.7 Å². The third-order valence-corrected chi connectivity index (χ3v) is 2.60. The summed E-state index contributed by atoms with van der Waals surface area (Å²) in [6.07, 6.45) is 0.869. The van der Waals surface area contributed by atoms with Crippen molar-refractivity contribution < 1.29 is 14.3 Å². The highest BCUT2D eigenvalue weighted by Gasteiger charge is 2.14. The topological polar surface area (TPSA) is 59.3 Å². The third-order valence-electron chi connectivity index (χ3n) is 2.60. The summed E-state index contributed by atoms with van der Waals surface area (Å²) in [4.78, 5) is 11.5. The molecule has 96 valence electrons. The van der Waals surface area contributed by atoms with Gasteiger partial charge < -0.3 is 9.47 Å². The van der Waals surface area contributed by atoms with E-state index in [0.717, 1.165) is 12.0 Å². The number of carbonyl (C=O) groups is 1. The third kappa shape index (κ3) is 3.24. The Balaban J connectivity index is 3.15. The molecule has 0 amide bonds. The van der Waals surface area contributed by atoms with Crippen molar-refractivity contribution in [2.24, 2.45) is 0 Å². The lowest BCUT2D eigenvalue weighted by Crippen LogP contribution is -2.09. The van der Waals surface area contributed by atoms with Crippen LogP contribution in [0.25, 0.3) is 0 Å². The molecule has 0 fully saturated rings. The fourth-order valence-electron chi connectivity index (χ4n) is 1.84. The van der Waals surface area contributed by atoms with Crippen LogP contribution < -0.4 is 4.74 Å². The molecule has 0 unspecified atom stereocenters. The molecule has 18 heavy (non-hydrogen) atoms. The van der Waals surface area contributed by atoms with Gasteiger partial charge >= 0.3 is 5.97 Å². The zero-order chi connectivity index (χ0) is 13.5. The first-order valence-corrected chi connectivity index (χ1v) is 5.91. The molecule has 0 N–H and O–H groups in total. The Hall–Kier alpha value is -2.02. The van der Waals surface area contributed by atoms with E-state index in [-0.39, 0.29) is 12.4 Å². The lowest BCUT2D eigenvalue weighted by molar-refractivity contribution is -0.142. The van der Waals surface area contributed by atoms with E-state index in [4.69, 9.17) is 14.7 Å². The Bertz CT molecular complexity index is 475. The number of rotatable bonds is 5. The maximum absolute atomic E-state index is 11.5. The molecule has 0 bridgehead atoms. The van der Waals surface area contributed by atoms with Crippen LogP contribution in [0.1, 0.15) is 30.5 Å². The number of nitrogens with zero attached hydrogens (tertiary/aromatic N) is 1. The Morgan fingerprint density at radius 1 is 1.33 bits per heavy atom. The Morgan fingerprint density at radius 3 is 2.50 bits per heavy atom. The molecule has 4 nitrogen and oxygen atoms in total. The lowest BCUT2D eigenvalue weighted by atomic mass is 10.0. The van der Waals surface area contributed by atoms with E-state index < -0.39 is 0 Å². The summed E-state index contributed by atoms with van der Waals surface area (Å²) in [7, 11) is 1.56. The van der Waals surface area contributed by atoms with Gasteiger partial charge in [-0.2, -0.15) is 5.26 Å². The number of hydrogen-bond acceptors (Lipinski definition) is 4. The van der Waals surface area contributed by atoms with Crippen LogP contribution in [-0.2, 0) is 22.4 Å².